The van der Waals surface area contributed by atoms with Gasteiger partial charge in [0.2, 0.25) is 0 Å². The average Bonchev–Trinajstić information content (AvgIpc) is 0.722. The second-order valence-corrected chi connectivity index (χ2v) is 129. The first-order valence-corrected chi connectivity index (χ1v) is 34.0. The topological polar surface area (TPSA) is 31.5 Å². The number of rotatable bonds is 0. The van der Waals surface area contributed by atoms with Gasteiger partial charge in [-0.15, -0.1) is 0 Å². The van der Waals surface area contributed by atoms with E-state index >= 15 is 0 Å². The van der Waals surface area contributed by atoms with E-state index < -0.39 is 2.50 Å². The summed E-state index contributed by atoms with van der Waals surface area (Å²) < 4.78 is -1.30. The average molecular weight is 644 g/mol. The number of hydrogen-bond donors (Lipinski definition) is 0. The molecule has 0 unspecified atom stereocenters. The molecule has 0 fully saturated rings. The van der Waals surface area contributed by atoms with Gasteiger partial charge in [-0.05, 0) is 0 Å². The van der Waals surface area contributed by atoms with Gasteiger partial charge in [-0.3, -0.25) is 0 Å². The van der Waals surface area contributed by atoms with Gasteiger partial charge in [0.25, 0.3) is 0 Å². The van der Waals surface area contributed by atoms with Crippen molar-refractivity contribution >= 4 is 77.0 Å². The van der Waals surface area contributed by atoms with Crippen LogP contribution in [0.4, 0.5) is 0 Å². The van der Waals surface area contributed by atoms with E-state index in [2.05, 4.69) is 74.5 Å². The van der Waals surface area contributed by atoms with E-state index in [1.807, 2.05) is 0 Å². The zero-order valence-electron chi connectivity index (χ0n) is 2.51. The van der Waals surface area contributed by atoms with Crippen LogP contribution >= 0.6 is 74.5 Å². The molecule has 0 saturated carbocycles. The molecule has 0 rings (SSSR count). The van der Waals surface area contributed by atoms with Crippen LogP contribution in [0, 0.1) is 0 Å². The van der Waals surface area contributed by atoms with E-state index in [1.165, 1.54) is 0 Å². The maximum atomic E-state index is 2.55. The molecule has 0 heterocycles. The van der Waals surface area contributed by atoms with Crippen LogP contribution in [-0.2, 0) is 0 Å². The molecule has 0 aliphatic heterocycles. The van der Waals surface area contributed by atoms with E-state index in [4.69, 9.17) is 0 Å². The minimum absolute atomic E-state index is 0. The molecule has 0 aromatic rings. The zero-order chi connectivity index (χ0) is 4.50. The summed E-state index contributed by atoms with van der Waals surface area (Å²) in [6.07, 6.45) is 0. The fourth-order valence-electron chi connectivity index (χ4n) is 0. The van der Waals surface area contributed by atoms with Gasteiger partial charge in [-0.25, -0.2) is 0 Å². The van der Waals surface area contributed by atoms with Gasteiger partial charge in [-0.1, -0.05) is 0 Å². The molecule has 0 bridgehead atoms. The first kappa shape index (κ1) is 12.4. The normalized spacial score (nSPS) is 10.0. The van der Waals surface area contributed by atoms with Gasteiger partial charge >= 0.3 is 77.0 Å². The standard InChI is InChI=1S/4HI.H2O.Sn/h4*1H;1H2;/q;;;;;+4/p-4. The monoisotopic (exact) mass is 646 g/mol. The molecule has 0 aliphatic rings. The van der Waals surface area contributed by atoms with Crippen LogP contribution in [0.3, 0.4) is 0 Å². The summed E-state index contributed by atoms with van der Waals surface area (Å²) in [5.74, 6) is 0. The molecule has 40 valence electrons. The predicted octanol–water partition coefficient (Wildman–Crippen LogP) is 2.34. The second-order valence-electron chi connectivity index (χ2n) is 0.429. The van der Waals surface area contributed by atoms with Gasteiger partial charge in [0, 0.05) is 0 Å². The first-order valence-electron chi connectivity index (χ1n) is 0.756. The Morgan fingerprint density at radius 1 is 0.833 bits per heavy atom. The molecule has 0 saturated heterocycles. The van der Waals surface area contributed by atoms with Crippen LogP contribution in [0.25, 0.3) is 0 Å². The first-order chi connectivity index (χ1) is 2.00. The van der Waals surface area contributed by atoms with Crippen molar-refractivity contribution in [1.82, 2.24) is 0 Å². The maximum absolute atomic E-state index is 2.55. The van der Waals surface area contributed by atoms with Crippen LogP contribution in [0.15, 0.2) is 0 Å². The third-order valence-corrected chi connectivity index (χ3v) is 0. The molecule has 6 heteroatoms. The molecule has 0 amide bonds. The fraction of sp³-hybridized carbons (Fsp3) is 0. The molecule has 6 heavy (non-hydrogen) atoms. The Balaban J connectivity index is 0. The van der Waals surface area contributed by atoms with Gasteiger partial charge in [0.1, 0.15) is 0 Å². The summed E-state index contributed by atoms with van der Waals surface area (Å²) in [5, 5.41) is 0. The van der Waals surface area contributed by atoms with Gasteiger partial charge in [-0.2, -0.15) is 0 Å². The quantitative estimate of drug-likeness (QED) is 0.287. The molecule has 0 atom stereocenters. The Hall–Kier alpha value is 3.68. The Morgan fingerprint density at radius 3 is 0.833 bits per heavy atom. The van der Waals surface area contributed by atoms with Gasteiger partial charge in [0.15, 0.2) is 0 Å². The van der Waals surface area contributed by atoms with Crippen LogP contribution in [0.5, 0.6) is 0 Å². The predicted molar refractivity (Wildman–Crippen MR) is 65.4 cm³/mol. The van der Waals surface area contributed by atoms with E-state index in [1.54, 1.807) is 0 Å². The molecule has 0 aromatic heterocycles. The zero-order valence-corrected chi connectivity index (χ0v) is 14.0. The van der Waals surface area contributed by atoms with Crippen molar-refractivity contribution in [3.63, 3.8) is 0 Å². The molecule has 0 radical (unpaired) electrons. The van der Waals surface area contributed by atoms with E-state index in [0.29, 0.717) is 0 Å². The molecule has 0 aliphatic carbocycles. The second kappa shape index (κ2) is 5.46. The third-order valence-electron chi connectivity index (χ3n) is 0. The van der Waals surface area contributed by atoms with Crippen molar-refractivity contribution in [2.75, 3.05) is 0 Å². The Kier molecular flexibility index (Phi) is 11.3. The van der Waals surface area contributed by atoms with Crippen molar-refractivity contribution < 1.29 is 5.48 Å². The Bertz CT molecular complexity index is 23.0. The molecular formula is H2I4OSn. The van der Waals surface area contributed by atoms with Crippen molar-refractivity contribution in [1.29, 1.82) is 0 Å². The summed E-state index contributed by atoms with van der Waals surface area (Å²) >= 11 is 10.2. The molecule has 2 N–H and O–H groups in total. The van der Waals surface area contributed by atoms with E-state index in [9.17, 15) is 0 Å². The van der Waals surface area contributed by atoms with Gasteiger partial charge < -0.3 is 5.48 Å². The molecule has 0 aromatic carbocycles. The third kappa shape index (κ3) is 25.3. The summed E-state index contributed by atoms with van der Waals surface area (Å²) in [6.45, 7) is 0. The summed E-state index contributed by atoms with van der Waals surface area (Å²) in [7, 11) is 0. The molecule has 1 nitrogen and oxygen atoms in total. The van der Waals surface area contributed by atoms with Crippen molar-refractivity contribution in [2.24, 2.45) is 0 Å². The minimum atomic E-state index is -1.30. The van der Waals surface area contributed by atoms with Crippen LogP contribution in [0.1, 0.15) is 0 Å². The molecule has 0 spiro atoms. The van der Waals surface area contributed by atoms with Gasteiger partial charge in [0.05, 0.1) is 0 Å². The van der Waals surface area contributed by atoms with Crippen LogP contribution < -0.4 is 0 Å². The van der Waals surface area contributed by atoms with Crippen LogP contribution in [-0.4, -0.2) is 7.98 Å². The summed E-state index contributed by atoms with van der Waals surface area (Å²) in [4.78, 5) is 0. The van der Waals surface area contributed by atoms with E-state index in [-0.39, 0.29) is 5.48 Å². The Labute approximate surface area is 79.7 Å². The number of halogens is 4. The number of hydrogen-bond acceptors (Lipinski definition) is 0. The molecular weight excluding hydrogens is 642 g/mol. The summed E-state index contributed by atoms with van der Waals surface area (Å²) in [6, 6.07) is 0. The van der Waals surface area contributed by atoms with E-state index in [0.717, 1.165) is 0 Å². The van der Waals surface area contributed by atoms with Crippen molar-refractivity contribution in [3.05, 3.63) is 0 Å². The van der Waals surface area contributed by atoms with Crippen LogP contribution in [0.2, 0.25) is 0 Å². The summed E-state index contributed by atoms with van der Waals surface area (Å²) in [5.41, 5.74) is 0. The fourth-order valence-corrected chi connectivity index (χ4v) is 0. The van der Waals surface area contributed by atoms with Crippen molar-refractivity contribution in [2.45, 2.75) is 0 Å². The SMILES string of the molecule is O.[I][Sn]([I])([I])[I]. The van der Waals surface area contributed by atoms with Crippen molar-refractivity contribution in [3.8, 4) is 0 Å². The Morgan fingerprint density at radius 2 is 0.833 bits per heavy atom.